The molecule has 1 aliphatic rings. The molecule has 1 aliphatic carbocycles. The van der Waals surface area contributed by atoms with Crippen LogP contribution in [0.5, 0.6) is 0 Å². The second-order valence-electron chi connectivity index (χ2n) is 13.1. The quantitative estimate of drug-likeness (QED) is 0.0249. The van der Waals surface area contributed by atoms with Crippen LogP contribution < -0.4 is 0 Å². The smallest absolute Gasteiger partial charge is 0.462 e. The standard InChI is InChI=1S/C36H65O13P/c1-3-5-7-9-11-12-13-14-15-16-17-18-19-21-23-25-30(38)48-28(26-46-29(37)24-22-20-10-8-6-4-2)27-47-50(44,45)49-36-34(42)32(40)31(39)33(41)35(36)43/h11-12,14-15,28,31-36,39-43H,3-10,13,16-27H2,1-2H3,(H,44,45)/b12-11-,15-14-. The van der Waals surface area contributed by atoms with E-state index in [9.17, 15) is 44.6 Å². The van der Waals surface area contributed by atoms with Gasteiger partial charge in [-0.25, -0.2) is 4.57 Å². The Kier molecular flexibility index (Phi) is 25.9. The molecular weight excluding hydrogens is 671 g/mol. The maximum atomic E-state index is 12.7. The summed E-state index contributed by atoms with van der Waals surface area (Å²) < 4.78 is 33.1. The summed E-state index contributed by atoms with van der Waals surface area (Å²) in [5.74, 6) is -1.13. The van der Waals surface area contributed by atoms with Gasteiger partial charge in [0.25, 0.3) is 0 Å². The number of phosphoric acid groups is 1. The lowest BCUT2D eigenvalue weighted by atomic mass is 9.85. The topological polar surface area (TPSA) is 210 Å². The van der Waals surface area contributed by atoms with Gasteiger partial charge in [-0.2, -0.15) is 0 Å². The highest BCUT2D eigenvalue weighted by Gasteiger charge is 2.51. The van der Waals surface area contributed by atoms with Crippen LogP contribution in [0.15, 0.2) is 24.3 Å². The molecule has 0 heterocycles. The Morgan fingerprint density at radius 2 is 1.08 bits per heavy atom. The number of hydrogen-bond acceptors (Lipinski definition) is 12. The second kappa shape index (κ2) is 27.9. The predicted molar refractivity (Wildman–Crippen MR) is 189 cm³/mol. The van der Waals surface area contributed by atoms with Crippen molar-refractivity contribution in [1.82, 2.24) is 0 Å². The van der Waals surface area contributed by atoms with E-state index in [1.54, 1.807) is 0 Å². The average molecular weight is 737 g/mol. The van der Waals surface area contributed by atoms with Gasteiger partial charge < -0.3 is 39.9 Å². The molecule has 0 aromatic rings. The highest BCUT2D eigenvalue weighted by Crippen LogP contribution is 2.47. The van der Waals surface area contributed by atoms with Crippen LogP contribution >= 0.6 is 7.82 Å². The molecule has 6 N–H and O–H groups in total. The van der Waals surface area contributed by atoms with Gasteiger partial charge in [-0.15, -0.1) is 0 Å². The van der Waals surface area contributed by atoms with E-state index in [2.05, 4.69) is 38.2 Å². The Labute approximate surface area is 298 Å². The van der Waals surface area contributed by atoms with E-state index < -0.39 is 75.7 Å². The molecular formula is C36H65O13P. The van der Waals surface area contributed by atoms with Crippen molar-refractivity contribution in [2.45, 2.75) is 179 Å². The van der Waals surface area contributed by atoms with E-state index in [1.165, 1.54) is 19.3 Å². The molecule has 0 aromatic carbocycles. The van der Waals surface area contributed by atoms with E-state index in [0.29, 0.717) is 12.8 Å². The first-order valence-corrected chi connectivity index (χ1v) is 20.1. The number of rotatable bonds is 29. The monoisotopic (exact) mass is 736 g/mol. The number of carbonyl (C=O) groups excluding carboxylic acids is 2. The Hall–Kier alpha value is -1.67. The Balaban J connectivity index is 2.53. The Bertz CT molecular complexity index is 990. The van der Waals surface area contributed by atoms with Crippen LogP contribution in [0.3, 0.4) is 0 Å². The molecule has 0 amide bonds. The molecule has 6 unspecified atom stereocenters. The van der Waals surface area contributed by atoms with Crippen LogP contribution in [0, 0.1) is 0 Å². The van der Waals surface area contributed by atoms with Crippen LogP contribution in [0.4, 0.5) is 0 Å². The maximum absolute atomic E-state index is 12.7. The van der Waals surface area contributed by atoms with Gasteiger partial charge in [-0.1, -0.05) is 102 Å². The number of aliphatic hydroxyl groups is 5. The summed E-state index contributed by atoms with van der Waals surface area (Å²) in [4.78, 5) is 35.2. The van der Waals surface area contributed by atoms with Crippen LogP contribution in [0.1, 0.15) is 136 Å². The number of phosphoric ester groups is 1. The van der Waals surface area contributed by atoms with Crippen molar-refractivity contribution in [2.24, 2.45) is 0 Å². The molecule has 0 aliphatic heterocycles. The average Bonchev–Trinajstić information content (AvgIpc) is 3.09. The summed E-state index contributed by atoms with van der Waals surface area (Å²) in [7, 11) is -5.10. The minimum atomic E-state index is -5.10. The predicted octanol–water partition coefficient (Wildman–Crippen LogP) is 5.33. The first kappa shape index (κ1) is 46.4. The molecule has 14 heteroatoms. The van der Waals surface area contributed by atoms with Crippen LogP contribution in [-0.4, -0.2) is 98.3 Å². The summed E-state index contributed by atoms with van der Waals surface area (Å²) >= 11 is 0. The van der Waals surface area contributed by atoms with Crippen LogP contribution in [0.2, 0.25) is 0 Å². The fourth-order valence-corrected chi connectivity index (χ4v) is 6.41. The van der Waals surface area contributed by atoms with Gasteiger partial charge in [0.1, 0.15) is 43.2 Å². The van der Waals surface area contributed by atoms with E-state index in [0.717, 1.165) is 77.0 Å². The van der Waals surface area contributed by atoms with E-state index in [-0.39, 0.29) is 12.8 Å². The van der Waals surface area contributed by atoms with Crippen molar-refractivity contribution >= 4 is 19.8 Å². The first-order chi connectivity index (χ1) is 23.9. The summed E-state index contributed by atoms with van der Waals surface area (Å²) in [5, 5.41) is 49.8. The van der Waals surface area contributed by atoms with Gasteiger partial charge in [0.2, 0.25) is 0 Å². The molecule has 0 bridgehead atoms. The molecule has 13 nitrogen and oxygen atoms in total. The number of unbranched alkanes of at least 4 members (excludes halogenated alkanes) is 13. The largest absolute Gasteiger partial charge is 0.472 e. The fraction of sp³-hybridized carbons (Fsp3) is 0.833. The third-order valence-corrected chi connectivity index (χ3v) is 9.53. The van der Waals surface area contributed by atoms with E-state index in [1.807, 2.05) is 0 Å². The van der Waals surface area contributed by atoms with Gasteiger partial charge in [0, 0.05) is 12.8 Å². The Morgan fingerprint density at radius 3 is 1.66 bits per heavy atom. The van der Waals surface area contributed by atoms with Crippen LogP contribution in [0.25, 0.3) is 0 Å². The molecule has 6 atom stereocenters. The zero-order valence-electron chi connectivity index (χ0n) is 30.2. The minimum Gasteiger partial charge on any atom is -0.462 e. The molecule has 1 fully saturated rings. The van der Waals surface area contributed by atoms with Crippen molar-refractivity contribution in [2.75, 3.05) is 13.2 Å². The molecule has 0 spiro atoms. The van der Waals surface area contributed by atoms with Crippen molar-refractivity contribution in [3.63, 3.8) is 0 Å². The molecule has 0 radical (unpaired) electrons. The molecule has 292 valence electrons. The third kappa shape index (κ3) is 21.0. The van der Waals surface area contributed by atoms with Crippen molar-refractivity contribution in [1.29, 1.82) is 0 Å². The van der Waals surface area contributed by atoms with Crippen molar-refractivity contribution < 1.29 is 63.1 Å². The second-order valence-corrected chi connectivity index (χ2v) is 14.5. The number of esters is 2. The van der Waals surface area contributed by atoms with E-state index >= 15 is 0 Å². The Morgan fingerprint density at radius 1 is 0.620 bits per heavy atom. The van der Waals surface area contributed by atoms with Crippen molar-refractivity contribution in [3.05, 3.63) is 24.3 Å². The summed E-state index contributed by atoms with van der Waals surface area (Å²) in [6.45, 7) is 3.14. The maximum Gasteiger partial charge on any atom is 0.472 e. The lowest BCUT2D eigenvalue weighted by Crippen LogP contribution is -2.64. The van der Waals surface area contributed by atoms with Gasteiger partial charge in [0.05, 0.1) is 6.61 Å². The zero-order chi connectivity index (χ0) is 37.2. The van der Waals surface area contributed by atoms with Gasteiger partial charge in [-0.3, -0.25) is 18.6 Å². The number of aliphatic hydroxyl groups excluding tert-OH is 5. The van der Waals surface area contributed by atoms with Gasteiger partial charge in [-0.05, 0) is 44.9 Å². The highest BCUT2D eigenvalue weighted by atomic mass is 31.2. The molecule has 1 saturated carbocycles. The van der Waals surface area contributed by atoms with E-state index in [4.69, 9.17) is 18.5 Å². The molecule has 50 heavy (non-hydrogen) atoms. The van der Waals surface area contributed by atoms with Crippen LogP contribution in [-0.2, 0) is 32.7 Å². The highest BCUT2D eigenvalue weighted by molar-refractivity contribution is 7.47. The number of ether oxygens (including phenoxy) is 2. The van der Waals surface area contributed by atoms with Gasteiger partial charge in [0.15, 0.2) is 6.10 Å². The summed E-state index contributed by atoms with van der Waals surface area (Å²) in [6, 6.07) is 0. The number of allylic oxidation sites excluding steroid dienone is 4. The minimum absolute atomic E-state index is 0.0819. The van der Waals surface area contributed by atoms with Crippen molar-refractivity contribution in [3.8, 4) is 0 Å². The third-order valence-electron chi connectivity index (χ3n) is 8.55. The lowest BCUT2D eigenvalue weighted by molar-refractivity contribution is -0.220. The zero-order valence-corrected chi connectivity index (χ0v) is 31.1. The SMILES string of the molecule is CCCCC/C=C\C/C=C\CCCCCCCC(=O)OC(COC(=O)CCCCCCCC)COP(=O)(O)OC1C(O)C(O)C(O)C(O)C1O. The fourth-order valence-electron chi connectivity index (χ4n) is 5.43. The normalized spacial score (nSPS) is 24.4. The van der Waals surface area contributed by atoms with Gasteiger partial charge >= 0.3 is 19.8 Å². The summed E-state index contributed by atoms with van der Waals surface area (Å²) in [6.07, 6.45) is 13.0. The number of carbonyl (C=O) groups is 2. The molecule has 0 saturated heterocycles. The number of hydrogen-bond donors (Lipinski definition) is 6. The first-order valence-electron chi connectivity index (χ1n) is 18.6. The lowest BCUT2D eigenvalue weighted by Gasteiger charge is -2.41. The molecule has 1 rings (SSSR count). The summed E-state index contributed by atoms with van der Waals surface area (Å²) in [5.41, 5.74) is 0. The molecule has 0 aromatic heterocycles.